The number of fused-ring (bicyclic) bond motifs is 1. The number of benzene rings is 1. The van der Waals surface area contributed by atoms with Crippen molar-refractivity contribution in [2.75, 3.05) is 37.8 Å². The van der Waals surface area contributed by atoms with Gasteiger partial charge >= 0.3 is 6.61 Å². The van der Waals surface area contributed by atoms with Gasteiger partial charge in [0.05, 0.1) is 11.9 Å². The summed E-state index contributed by atoms with van der Waals surface area (Å²) >= 11 is 1.42. The monoisotopic (exact) mass is 638 g/mol. The molecule has 0 unspecified atom stereocenters. The average Bonchev–Trinajstić information content (AvgIpc) is 3.76. The molecule has 0 saturated carbocycles. The predicted molar refractivity (Wildman–Crippen MR) is 167 cm³/mol. The van der Waals surface area contributed by atoms with Gasteiger partial charge < -0.3 is 19.9 Å². The van der Waals surface area contributed by atoms with Gasteiger partial charge in [-0.25, -0.2) is 9.50 Å². The van der Waals surface area contributed by atoms with Crippen molar-refractivity contribution in [3.05, 3.63) is 54.6 Å². The number of thioether (sulfide) groups is 1. The number of carbonyl (C=O) groups is 2. The minimum absolute atomic E-state index is 0.0672. The smallest absolute Gasteiger partial charge is 0.387 e. The molecule has 0 radical (unpaired) electrons. The average molecular weight is 639 g/mol. The number of ether oxygens (including phenoxy) is 1. The first-order chi connectivity index (χ1) is 21.8. The van der Waals surface area contributed by atoms with Crippen LogP contribution in [-0.2, 0) is 11.3 Å². The standard InChI is InChI=1S/C31H36F2N8O3S/c1-20-5-3-11-39(20)17-21-8-13-38(14-9-21)27(42)19-40-18-25(36-30(43)24-16-35-41-12-4-10-34-29(24)41)28(37-40)23-15-22(45-2)6-7-26(23)44-31(32)33/h4,6-7,10,12,15-16,18,20-21,31H,3,5,8-9,11,13-14,17,19H2,1-2H3,(H,36,43)/t20-/m1/s1. The SMILES string of the molecule is CSc1ccc(OC(F)F)c(-c2nn(CC(=O)N3CCC(CN4CCC[C@H]4C)CC3)cc2NC(=O)c2cnn3cccnc23)c1. The van der Waals surface area contributed by atoms with Crippen molar-refractivity contribution in [2.24, 2.45) is 5.92 Å². The van der Waals surface area contributed by atoms with Crippen LogP contribution in [0.1, 0.15) is 43.0 Å². The van der Waals surface area contributed by atoms with Crippen molar-refractivity contribution in [3.63, 3.8) is 0 Å². The molecule has 238 valence electrons. The minimum atomic E-state index is -3.06. The van der Waals surface area contributed by atoms with Gasteiger partial charge in [0, 0.05) is 54.7 Å². The van der Waals surface area contributed by atoms with Crippen molar-refractivity contribution in [3.8, 4) is 17.0 Å². The maximum atomic E-state index is 13.4. The summed E-state index contributed by atoms with van der Waals surface area (Å²) in [6.07, 6.45) is 12.4. The second-order valence-electron chi connectivity index (χ2n) is 11.5. The summed E-state index contributed by atoms with van der Waals surface area (Å²) in [5.41, 5.74) is 1.27. The van der Waals surface area contributed by atoms with Crippen molar-refractivity contribution in [2.45, 2.75) is 56.7 Å². The van der Waals surface area contributed by atoms with Crippen LogP contribution < -0.4 is 10.1 Å². The molecule has 2 aliphatic rings. The number of hydrogen-bond donors (Lipinski definition) is 1. The Morgan fingerprint density at radius 1 is 1.18 bits per heavy atom. The Labute approximate surface area is 263 Å². The molecule has 2 aliphatic heterocycles. The molecular weight excluding hydrogens is 602 g/mol. The van der Waals surface area contributed by atoms with Crippen molar-refractivity contribution in [1.29, 1.82) is 0 Å². The molecule has 2 amide bonds. The van der Waals surface area contributed by atoms with Gasteiger partial charge in [-0.3, -0.25) is 14.3 Å². The highest BCUT2D eigenvalue weighted by Gasteiger charge is 2.29. The number of anilines is 1. The first-order valence-corrected chi connectivity index (χ1v) is 16.3. The van der Waals surface area contributed by atoms with E-state index in [1.54, 1.807) is 36.8 Å². The first-order valence-electron chi connectivity index (χ1n) is 15.1. The normalized spacial score (nSPS) is 17.8. The van der Waals surface area contributed by atoms with Crippen LogP contribution in [0.3, 0.4) is 0 Å². The van der Waals surface area contributed by atoms with Crippen LogP contribution in [0.25, 0.3) is 16.9 Å². The zero-order chi connectivity index (χ0) is 31.5. The van der Waals surface area contributed by atoms with E-state index < -0.39 is 12.5 Å². The Kier molecular flexibility index (Phi) is 9.31. The lowest BCUT2D eigenvalue weighted by Gasteiger charge is -2.35. The van der Waals surface area contributed by atoms with E-state index in [4.69, 9.17) is 4.74 Å². The fraction of sp³-hybridized carbons (Fsp3) is 0.452. The van der Waals surface area contributed by atoms with E-state index in [0.29, 0.717) is 30.7 Å². The van der Waals surface area contributed by atoms with Gasteiger partial charge in [0.15, 0.2) is 5.65 Å². The fourth-order valence-electron chi connectivity index (χ4n) is 6.19. The van der Waals surface area contributed by atoms with Crippen LogP contribution in [-0.4, -0.2) is 91.1 Å². The summed E-state index contributed by atoms with van der Waals surface area (Å²) in [5.74, 6) is -0.132. The van der Waals surface area contributed by atoms with Crippen LogP contribution in [0.4, 0.5) is 14.5 Å². The molecule has 2 saturated heterocycles. The van der Waals surface area contributed by atoms with E-state index in [2.05, 4.69) is 32.3 Å². The van der Waals surface area contributed by atoms with Crippen LogP contribution >= 0.6 is 11.8 Å². The number of likely N-dealkylation sites (tertiary alicyclic amines) is 2. The molecule has 14 heteroatoms. The largest absolute Gasteiger partial charge is 0.434 e. The Balaban J connectivity index is 1.24. The lowest BCUT2D eigenvalue weighted by atomic mass is 9.96. The summed E-state index contributed by atoms with van der Waals surface area (Å²) in [4.78, 5) is 36.3. The van der Waals surface area contributed by atoms with Crippen molar-refractivity contribution >= 4 is 34.9 Å². The number of carbonyl (C=O) groups excluding carboxylic acids is 2. The third-order valence-corrected chi connectivity index (χ3v) is 9.36. The topological polar surface area (TPSA) is 110 Å². The van der Waals surface area contributed by atoms with Gasteiger partial charge in [-0.1, -0.05) is 0 Å². The molecule has 1 N–H and O–H groups in total. The number of amides is 2. The van der Waals surface area contributed by atoms with E-state index in [0.717, 1.165) is 30.8 Å². The van der Waals surface area contributed by atoms with E-state index >= 15 is 0 Å². The van der Waals surface area contributed by atoms with Gasteiger partial charge in [-0.2, -0.15) is 19.0 Å². The molecular formula is C31H36F2N8O3S. The molecule has 5 heterocycles. The molecule has 4 aromatic rings. The highest BCUT2D eigenvalue weighted by atomic mass is 32.2. The van der Waals surface area contributed by atoms with Gasteiger partial charge in [0.2, 0.25) is 5.91 Å². The third kappa shape index (κ3) is 6.96. The number of hydrogen-bond acceptors (Lipinski definition) is 8. The maximum Gasteiger partial charge on any atom is 0.387 e. The van der Waals surface area contributed by atoms with Crippen LogP contribution in [0, 0.1) is 5.92 Å². The fourth-order valence-corrected chi connectivity index (χ4v) is 6.63. The van der Waals surface area contributed by atoms with Crippen molar-refractivity contribution < 1.29 is 23.1 Å². The van der Waals surface area contributed by atoms with Gasteiger partial charge in [-0.05, 0) is 75.6 Å². The highest BCUT2D eigenvalue weighted by Crippen LogP contribution is 2.38. The molecule has 3 aromatic heterocycles. The Bertz CT molecular complexity index is 1670. The predicted octanol–water partition coefficient (Wildman–Crippen LogP) is 4.89. The number of halogens is 2. The molecule has 0 aliphatic carbocycles. The lowest BCUT2D eigenvalue weighted by molar-refractivity contribution is -0.133. The van der Waals surface area contributed by atoms with Crippen LogP contribution in [0.2, 0.25) is 0 Å². The van der Waals surface area contributed by atoms with Crippen LogP contribution in [0.5, 0.6) is 5.75 Å². The van der Waals surface area contributed by atoms with Gasteiger partial charge in [0.25, 0.3) is 5.91 Å². The molecule has 0 bridgehead atoms. The number of aromatic nitrogens is 5. The van der Waals surface area contributed by atoms with Crippen molar-refractivity contribution in [1.82, 2.24) is 34.2 Å². The lowest BCUT2D eigenvalue weighted by Crippen LogP contribution is -2.43. The summed E-state index contributed by atoms with van der Waals surface area (Å²) in [7, 11) is 0. The second kappa shape index (κ2) is 13.5. The van der Waals surface area contributed by atoms with E-state index in [9.17, 15) is 18.4 Å². The number of nitrogens with one attached hydrogen (secondary N) is 1. The Hall–Kier alpha value is -4.04. The quantitative estimate of drug-likeness (QED) is 0.245. The highest BCUT2D eigenvalue weighted by molar-refractivity contribution is 7.98. The molecule has 1 aromatic carbocycles. The molecule has 2 fully saturated rings. The molecule has 6 rings (SSSR count). The summed E-state index contributed by atoms with van der Waals surface area (Å²) in [5, 5.41) is 11.6. The van der Waals surface area contributed by atoms with E-state index in [1.165, 1.54) is 46.1 Å². The summed E-state index contributed by atoms with van der Waals surface area (Å²) in [6.45, 7) is 2.73. The zero-order valence-electron chi connectivity index (χ0n) is 25.2. The van der Waals surface area contributed by atoms with Gasteiger partial charge in [-0.15, -0.1) is 11.8 Å². The van der Waals surface area contributed by atoms with E-state index in [1.807, 2.05) is 11.2 Å². The molecule has 11 nitrogen and oxygen atoms in total. The number of alkyl halides is 2. The molecule has 0 spiro atoms. The third-order valence-electron chi connectivity index (χ3n) is 8.64. The number of piperidine rings is 1. The minimum Gasteiger partial charge on any atom is -0.434 e. The Morgan fingerprint density at radius 3 is 2.73 bits per heavy atom. The molecule has 1 atom stereocenters. The molecule has 45 heavy (non-hydrogen) atoms. The number of rotatable bonds is 10. The second-order valence-corrected chi connectivity index (χ2v) is 12.4. The summed E-state index contributed by atoms with van der Waals surface area (Å²) < 4.78 is 34.5. The Morgan fingerprint density at radius 2 is 2.00 bits per heavy atom. The van der Waals surface area contributed by atoms with E-state index in [-0.39, 0.29) is 40.7 Å². The first kappa shape index (κ1) is 31.0. The number of nitrogens with zero attached hydrogens (tertiary/aromatic N) is 7. The van der Waals surface area contributed by atoms with Gasteiger partial charge in [0.1, 0.15) is 23.6 Å². The summed E-state index contributed by atoms with van der Waals surface area (Å²) in [6, 6.07) is 7.12. The van der Waals surface area contributed by atoms with Crippen LogP contribution in [0.15, 0.2) is 53.9 Å². The zero-order valence-corrected chi connectivity index (χ0v) is 26.1. The maximum absolute atomic E-state index is 13.4.